The molecule has 0 saturated heterocycles. The third-order valence-corrected chi connectivity index (χ3v) is 4.32. The lowest BCUT2D eigenvalue weighted by Gasteiger charge is -2.31. The Labute approximate surface area is 134 Å². The standard InChI is InChI=1S/C17H19N3O3/c21-16(14-6-7-15(14)17(22)23)18-10-12-2-4-13(5-3-12)11-20-9-1-8-19-20/h1-5,8-9,14-15H,6-7,10-11H2,(H,18,21)(H,22,23). The summed E-state index contributed by atoms with van der Waals surface area (Å²) in [7, 11) is 0. The van der Waals surface area contributed by atoms with Crippen LogP contribution in [0.2, 0.25) is 0 Å². The lowest BCUT2D eigenvalue weighted by atomic mass is 9.73. The van der Waals surface area contributed by atoms with Gasteiger partial charge in [0.25, 0.3) is 0 Å². The van der Waals surface area contributed by atoms with Crippen LogP contribution >= 0.6 is 0 Å². The number of carboxylic acid groups (broad SMARTS) is 1. The number of aromatic nitrogens is 2. The largest absolute Gasteiger partial charge is 0.481 e. The summed E-state index contributed by atoms with van der Waals surface area (Å²) in [4.78, 5) is 23.0. The van der Waals surface area contributed by atoms with Gasteiger partial charge in [-0.05, 0) is 30.0 Å². The highest BCUT2D eigenvalue weighted by atomic mass is 16.4. The fourth-order valence-corrected chi connectivity index (χ4v) is 2.77. The number of aliphatic carboxylic acids is 1. The number of rotatable bonds is 6. The second-order valence-electron chi connectivity index (χ2n) is 5.87. The molecule has 1 amide bonds. The van der Waals surface area contributed by atoms with Gasteiger partial charge in [-0.25, -0.2) is 0 Å². The summed E-state index contributed by atoms with van der Waals surface area (Å²) in [5.74, 6) is -1.94. The molecule has 3 rings (SSSR count). The molecule has 2 unspecified atom stereocenters. The molecule has 2 aromatic rings. The van der Waals surface area contributed by atoms with Gasteiger partial charge < -0.3 is 10.4 Å². The van der Waals surface area contributed by atoms with E-state index in [0.717, 1.165) is 11.1 Å². The van der Waals surface area contributed by atoms with Crippen LogP contribution in [0.4, 0.5) is 0 Å². The Morgan fingerprint density at radius 3 is 2.43 bits per heavy atom. The molecule has 0 aliphatic heterocycles. The van der Waals surface area contributed by atoms with E-state index in [1.54, 1.807) is 6.20 Å². The van der Waals surface area contributed by atoms with E-state index in [2.05, 4.69) is 10.4 Å². The number of carbonyl (C=O) groups excluding carboxylic acids is 1. The monoisotopic (exact) mass is 313 g/mol. The Kier molecular flexibility index (Phi) is 4.41. The van der Waals surface area contributed by atoms with Gasteiger partial charge in [-0.15, -0.1) is 0 Å². The van der Waals surface area contributed by atoms with Crippen molar-refractivity contribution in [3.63, 3.8) is 0 Å². The zero-order chi connectivity index (χ0) is 16.2. The predicted molar refractivity (Wildman–Crippen MR) is 83.5 cm³/mol. The second-order valence-corrected chi connectivity index (χ2v) is 5.87. The Hall–Kier alpha value is -2.63. The first kappa shape index (κ1) is 15.3. The molecule has 1 saturated carbocycles. The normalized spacial score (nSPS) is 19.8. The Bertz CT molecular complexity index is 680. The molecule has 0 radical (unpaired) electrons. The van der Waals surface area contributed by atoms with Gasteiger partial charge in [-0.2, -0.15) is 5.10 Å². The van der Waals surface area contributed by atoms with Crippen LogP contribution in [0, 0.1) is 11.8 Å². The van der Waals surface area contributed by atoms with Crippen LogP contribution in [0.5, 0.6) is 0 Å². The second kappa shape index (κ2) is 6.64. The zero-order valence-corrected chi connectivity index (χ0v) is 12.7. The van der Waals surface area contributed by atoms with E-state index < -0.39 is 11.9 Å². The minimum absolute atomic E-state index is 0.163. The molecular weight excluding hydrogens is 294 g/mol. The van der Waals surface area contributed by atoms with Crippen LogP contribution in [-0.2, 0) is 22.7 Å². The highest BCUT2D eigenvalue weighted by Gasteiger charge is 2.41. The number of nitrogens with zero attached hydrogens (tertiary/aromatic N) is 2. The summed E-state index contributed by atoms with van der Waals surface area (Å²) in [5.41, 5.74) is 2.13. The third kappa shape index (κ3) is 3.59. The maximum atomic E-state index is 12.0. The van der Waals surface area contributed by atoms with Crippen molar-refractivity contribution >= 4 is 11.9 Å². The minimum Gasteiger partial charge on any atom is -0.481 e. The van der Waals surface area contributed by atoms with Crippen LogP contribution in [0.1, 0.15) is 24.0 Å². The maximum absolute atomic E-state index is 12.0. The van der Waals surface area contributed by atoms with Crippen molar-refractivity contribution in [1.82, 2.24) is 15.1 Å². The maximum Gasteiger partial charge on any atom is 0.307 e. The molecule has 1 aliphatic rings. The van der Waals surface area contributed by atoms with Crippen molar-refractivity contribution in [3.8, 4) is 0 Å². The summed E-state index contributed by atoms with van der Waals surface area (Å²) >= 11 is 0. The van der Waals surface area contributed by atoms with E-state index >= 15 is 0 Å². The van der Waals surface area contributed by atoms with Crippen molar-refractivity contribution in [3.05, 3.63) is 53.9 Å². The van der Waals surface area contributed by atoms with Gasteiger partial charge in [0.05, 0.1) is 18.4 Å². The Morgan fingerprint density at radius 1 is 1.17 bits per heavy atom. The molecule has 0 spiro atoms. The molecule has 1 aromatic heterocycles. The molecule has 2 atom stereocenters. The molecule has 23 heavy (non-hydrogen) atoms. The minimum atomic E-state index is -0.876. The number of carboxylic acids is 1. The fraction of sp³-hybridized carbons (Fsp3) is 0.353. The van der Waals surface area contributed by atoms with E-state index in [4.69, 9.17) is 5.11 Å². The van der Waals surface area contributed by atoms with Crippen LogP contribution in [0.15, 0.2) is 42.7 Å². The van der Waals surface area contributed by atoms with E-state index in [1.807, 2.05) is 41.2 Å². The van der Waals surface area contributed by atoms with Crippen LogP contribution < -0.4 is 5.32 Å². The first-order chi connectivity index (χ1) is 11.1. The molecule has 0 bridgehead atoms. The average molecular weight is 313 g/mol. The number of carbonyl (C=O) groups is 2. The summed E-state index contributed by atoms with van der Waals surface area (Å²) in [6.07, 6.45) is 4.90. The first-order valence-electron chi connectivity index (χ1n) is 7.69. The highest BCUT2D eigenvalue weighted by molar-refractivity contribution is 5.86. The van der Waals surface area contributed by atoms with E-state index in [9.17, 15) is 9.59 Å². The van der Waals surface area contributed by atoms with Crippen molar-refractivity contribution in [2.75, 3.05) is 0 Å². The van der Waals surface area contributed by atoms with Crippen molar-refractivity contribution in [2.24, 2.45) is 11.8 Å². The number of hydrogen-bond acceptors (Lipinski definition) is 3. The molecular formula is C17H19N3O3. The van der Waals surface area contributed by atoms with Crippen molar-refractivity contribution in [1.29, 1.82) is 0 Å². The van der Waals surface area contributed by atoms with Crippen molar-refractivity contribution in [2.45, 2.75) is 25.9 Å². The average Bonchev–Trinajstić information content (AvgIpc) is 2.98. The molecule has 2 N–H and O–H groups in total. The van der Waals surface area contributed by atoms with Gasteiger partial charge in [-0.3, -0.25) is 14.3 Å². The number of nitrogens with one attached hydrogen (secondary N) is 1. The zero-order valence-electron chi connectivity index (χ0n) is 12.7. The van der Waals surface area contributed by atoms with E-state index in [0.29, 0.717) is 25.9 Å². The van der Waals surface area contributed by atoms with E-state index in [-0.39, 0.29) is 11.8 Å². The smallest absolute Gasteiger partial charge is 0.307 e. The quantitative estimate of drug-likeness (QED) is 0.849. The molecule has 1 aromatic carbocycles. The summed E-state index contributed by atoms with van der Waals surface area (Å²) in [6.45, 7) is 1.13. The Morgan fingerprint density at radius 2 is 1.87 bits per heavy atom. The lowest BCUT2D eigenvalue weighted by Crippen LogP contribution is -2.43. The summed E-state index contributed by atoms with van der Waals surface area (Å²) in [6, 6.07) is 9.83. The van der Waals surface area contributed by atoms with E-state index in [1.165, 1.54) is 0 Å². The molecule has 6 heteroatoms. The van der Waals surface area contributed by atoms with Crippen LogP contribution in [0.3, 0.4) is 0 Å². The summed E-state index contributed by atoms with van der Waals surface area (Å²) < 4.78 is 1.85. The van der Waals surface area contributed by atoms with Crippen molar-refractivity contribution < 1.29 is 14.7 Å². The fourth-order valence-electron chi connectivity index (χ4n) is 2.77. The van der Waals surface area contributed by atoms with Gasteiger partial charge in [0.2, 0.25) is 5.91 Å². The van der Waals surface area contributed by atoms with Gasteiger partial charge in [0.15, 0.2) is 0 Å². The summed E-state index contributed by atoms with van der Waals surface area (Å²) in [5, 5.41) is 16.0. The van der Waals surface area contributed by atoms with Crippen LogP contribution in [-0.4, -0.2) is 26.8 Å². The number of benzene rings is 1. The molecule has 6 nitrogen and oxygen atoms in total. The molecule has 1 fully saturated rings. The molecule has 1 aliphatic carbocycles. The topological polar surface area (TPSA) is 84.2 Å². The third-order valence-electron chi connectivity index (χ3n) is 4.32. The van der Waals surface area contributed by atoms with Gasteiger partial charge >= 0.3 is 5.97 Å². The SMILES string of the molecule is O=C(O)C1CCC1C(=O)NCc1ccc(Cn2cccn2)cc1. The van der Waals surface area contributed by atoms with Crippen LogP contribution in [0.25, 0.3) is 0 Å². The highest BCUT2D eigenvalue weighted by Crippen LogP contribution is 2.34. The molecule has 1 heterocycles. The first-order valence-corrected chi connectivity index (χ1v) is 7.69. The Balaban J connectivity index is 1.50. The molecule has 120 valence electrons. The predicted octanol–water partition coefficient (Wildman–Crippen LogP) is 1.66. The number of amides is 1. The van der Waals surface area contributed by atoms with Gasteiger partial charge in [0.1, 0.15) is 0 Å². The van der Waals surface area contributed by atoms with Gasteiger partial charge in [0, 0.05) is 18.9 Å². The number of hydrogen-bond donors (Lipinski definition) is 2. The lowest BCUT2D eigenvalue weighted by molar-refractivity contribution is -0.152. The van der Waals surface area contributed by atoms with Gasteiger partial charge in [-0.1, -0.05) is 24.3 Å².